The molecule has 0 aromatic heterocycles. The molecule has 0 unspecified atom stereocenters. The molecule has 0 aliphatic heterocycles. The summed E-state index contributed by atoms with van der Waals surface area (Å²) in [6.07, 6.45) is -29.9. The fourth-order valence-corrected chi connectivity index (χ4v) is 4.41. The highest BCUT2D eigenvalue weighted by atomic mass is 79.9. The van der Waals surface area contributed by atoms with Crippen LogP contribution in [0.1, 0.15) is 6.42 Å². The zero-order valence-corrected chi connectivity index (χ0v) is 18.1. The second kappa shape index (κ2) is 8.67. The van der Waals surface area contributed by atoms with Crippen LogP contribution in [0.5, 0.6) is 0 Å². The van der Waals surface area contributed by atoms with Crippen LogP contribution in [0.3, 0.4) is 0 Å². The van der Waals surface area contributed by atoms with Gasteiger partial charge >= 0.3 is 24.7 Å². The summed E-state index contributed by atoms with van der Waals surface area (Å²) in [7, 11) is 0. The molecule has 0 heterocycles. The van der Waals surface area contributed by atoms with Crippen molar-refractivity contribution in [3.8, 4) is 12.1 Å². The highest BCUT2D eigenvalue weighted by molar-refractivity contribution is 9.10. The Morgan fingerprint density at radius 1 is 0.833 bits per heavy atom. The topological polar surface area (TPSA) is 59.6 Å². The van der Waals surface area contributed by atoms with Crippen LogP contribution in [-0.4, -0.2) is 24.7 Å². The average molecular weight is 610 g/mol. The van der Waals surface area contributed by atoms with E-state index in [2.05, 4.69) is 15.9 Å². The highest BCUT2D eigenvalue weighted by Crippen LogP contribution is 2.72. The van der Waals surface area contributed by atoms with E-state index in [4.69, 9.17) is 0 Å². The number of nitrogens with one attached hydrogen (secondary N) is 1. The molecule has 0 spiro atoms. The third kappa shape index (κ3) is 4.33. The van der Waals surface area contributed by atoms with Crippen molar-refractivity contribution in [2.45, 2.75) is 31.1 Å². The number of hydrogen-bond acceptors (Lipinski definition) is 3. The number of nitriles is 2. The number of halogens is 15. The third-order valence-corrected chi connectivity index (χ3v) is 5.97. The largest absolute Gasteiger partial charge is 0.406 e. The van der Waals surface area contributed by atoms with E-state index in [1.54, 1.807) is 0 Å². The summed E-state index contributed by atoms with van der Waals surface area (Å²) in [6, 6.07) is 0.473. The zero-order chi connectivity index (χ0) is 28.3. The van der Waals surface area contributed by atoms with Crippen LogP contribution in [0.2, 0.25) is 0 Å². The molecular formula is C18H6BrF14N3. The molecule has 0 saturated heterocycles. The molecule has 0 amide bonds. The number of benzene rings is 1. The summed E-state index contributed by atoms with van der Waals surface area (Å²) in [5.74, 6) is -8.46. The van der Waals surface area contributed by atoms with Gasteiger partial charge in [-0.15, -0.1) is 0 Å². The van der Waals surface area contributed by atoms with E-state index < -0.39 is 80.9 Å². The van der Waals surface area contributed by atoms with E-state index in [1.807, 2.05) is 0 Å². The Hall–Kier alpha value is -2.76. The molecule has 18 heteroatoms. The number of alkyl halides is 12. The molecule has 1 aromatic rings. The van der Waals surface area contributed by atoms with Gasteiger partial charge in [0.25, 0.3) is 0 Å². The fourth-order valence-electron chi connectivity index (χ4n) is 3.90. The SMILES string of the molecule is N#CC1(C#N)C(C(C(F)(F)F)C(F)(F)F)=C(Nc2c(F)cc(F)cc2Br)CC1(C(F)(F)F)C(F)(F)F. The number of hydrogen-bond donors (Lipinski definition) is 1. The Balaban J connectivity index is 3.15. The minimum Gasteiger partial charge on any atom is -0.356 e. The van der Waals surface area contributed by atoms with Crippen molar-refractivity contribution >= 4 is 21.6 Å². The van der Waals surface area contributed by atoms with Gasteiger partial charge in [-0.1, -0.05) is 0 Å². The van der Waals surface area contributed by atoms with Gasteiger partial charge < -0.3 is 5.32 Å². The van der Waals surface area contributed by atoms with Crippen molar-refractivity contribution in [2.24, 2.45) is 16.7 Å². The first-order valence-corrected chi connectivity index (χ1v) is 9.55. The summed E-state index contributed by atoms with van der Waals surface area (Å²) < 4.78 is 192. The van der Waals surface area contributed by atoms with Crippen LogP contribution >= 0.6 is 15.9 Å². The molecule has 3 nitrogen and oxygen atoms in total. The second-order valence-electron chi connectivity index (χ2n) is 7.33. The van der Waals surface area contributed by atoms with Crippen molar-refractivity contribution in [3.63, 3.8) is 0 Å². The number of nitrogens with zero attached hydrogens (tertiary/aromatic N) is 2. The molecular weight excluding hydrogens is 604 g/mol. The zero-order valence-electron chi connectivity index (χ0n) is 16.5. The molecule has 0 atom stereocenters. The lowest BCUT2D eigenvalue weighted by molar-refractivity contribution is -0.358. The summed E-state index contributed by atoms with van der Waals surface area (Å²) in [5, 5.41) is 19.8. The third-order valence-electron chi connectivity index (χ3n) is 5.34. The second-order valence-corrected chi connectivity index (χ2v) is 8.18. The summed E-state index contributed by atoms with van der Waals surface area (Å²) >= 11 is 2.43. The average Bonchev–Trinajstić information content (AvgIpc) is 2.93. The van der Waals surface area contributed by atoms with E-state index in [0.29, 0.717) is 6.07 Å². The highest BCUT2D eigenvalue weighted by Gasteiger charge is 2.86. The van der Waals surface area contributed by atoms with Gasteiger partial charge in [-0.25, -0.2) is 8.78 Å². The first kappa shape index (κ1) is 29.5. The van der Waals surface area contributed by atoms with Crippen molar-refractivity contribution in [3.05, 3.63) is 39.5 Å². The van der Waals surface area contributed by atoms with Crippen LogP contribution in [0.25, 0.3) is 0 Å². The van der Waals surface area contributed by atoms with Crippen LogP contribution in [0.15, 0.2) is 27.9 Å². The number of allylic oxidation sites excluding steroid dienone is 2. The molecule has 1 aliphatic carbocycles. The Morgan fingerprint density at radius 3 is 1.61 bits per heavy atom. The fraction of sp³-hybridized carbons (Fsp3) is 0.444. The van der Waals surface area contributed by atoms with Gasteiger partial charge in [0.15, 0.2) is 17.2 Å². The van der Waals surface area contributed by atoms with Gasteiger partial charge in [0.1, 0.15) is 5.82 Å². The maximum Gasteiger partial charge on any atom is 0.406 e. The Kier molecular flexibility index (Phi) is 7.10. The standard InChI is InChI=1S/C18H6BrF14N3/c19-7-1-6(20)2-8(21)11(7)36-9-3-14(17(28,29)30,18(31,32)33)13(4-34,5-35)10(9)12(15(22,23)24)16(25,26)27/h1-2,12,36H,3H2. The smallest absolute Gasteiger partial charge is 0.356 e. The van der Waals surface area contributed by atoms with E-state index in [-0.39, 0.29) is 18.2 Å². The Bertz CT molecular complexity index is 1100. The van der Waals surface area contributed by atoms with E-state index in [9.17, 15) is 72.0 Å². The Labute approximate surface area is 199 Å². The summed E-state index contributed by atoms with van der Waals surface area (Å²) in [5.41, 5.74) is -17.5. The lowest BCUT2D eigenvalue weighted by Crippen LogP contribution is -2.59. The maximum atomic E-state index is 14.2. The van der Waals surface area contributed by atoms with Gasteiger partial charge in [-0.05, 0) is 22.0 Å². The predicted molar refractivity (Wildman–Crippen MR) is 93.1 cm³/mol. The van der Waals surface area contributed by atoms with Crippen molar-refractivity contribution in [1.29, 1.82) is 10.5 Å². The van der Waals surface area contributed by atoms with E-state index >= 15 is 0 Å². The minimum absolute atomic E-state index is 0.0458. The Morgan fingerprint density at radius 2 is 1.28 bits per heavy atom. The normalized spacial score (nSPS) is 18.3. The molecule has 1 aromatic carbocycles. The van der Waals surface area contributed by atoms with Gasteiger partial charge in [-0.3, -0.25) is 0 Å². The molecule has 0 radical (unpaired) electrons. The van der Waals surface area contributed by atoms with E-state index in [1.165, 1.54) is 5.32 Å². The molecule has 198 valence electrons. The van der Waals surface area contributed by atoms with Gasteiger partial charge in [0.05, 0.1) is 17.8 Å². The number of rotatable bonds is 3. The summed E-state index contributed by atoms with van der Waals surface area (Å²) in [6.45, 7) is 0. The molecule has 0 bridgehead atoms. The van der Waals surface area contributed by atoms with Crippen LogP contribution in [-0.2, 0) is 0 Å². The predicted octanol–water partition coefficient (Wildman–Crippen LogP) is 7.68. The number of anilines is 1. The monoisotopic (exact) mass is 609 g/mol. The minimum atomic E-state index is -6.83. The summed E-state index contributed by atoms with van der Waals surface area (Å²) in [4.78, 5) is 0. The van der Waals surface area contributed by atoms with Crippen LogP contribution < -0.4 is 5.32 Å². The molecule has 36 heavy (non-hydrogen) atoms. The molecule has 0 fully saturated rings. The quantitative estimate of drug-likeness (QED) is 0.358. The van der Waals surface area contributed by atoms with Crippen molar-refractivity contribution in [1.82, 2.24) is 0 Å². The molecule has 1 aliphatic rings. The van der Waals surface area contributed by atoms with Crippen LogP contribution in [0, 0.1) is 51.0 Å². The van der Waals surface area contributed by atoms with Crippen molar-refractivity contribution < 1.29 is 61.5 Å². The van der Waals surface area contributed by atoms with Gasteiger partial charge in [0, 0.05) is 28.2 Å². The lowest BCUT2D eigenvalue weighted by atomic mass is 9.61. The van der Waals surface area contributed by atoms with Crippen LogP contribution in [0.4, 0.5) is 67.2 Å². The molecule has 1 N–H and O–H groups in total. The molecule has 2 rings (SSSR count). The maximum absolute atomic E-state index is 14.2. The molecule has 0 saturated carbocycles. The van der Waals surface area contributed by atoms with Crippen molar-refractivity contribution in [2.75, 3.05) is 5.32 Å². The van der Waals surface area contributed by atoms with Gasteiger partial charge in [0.2, 0.25) is 5.41 Å². The van der Waals surface area contributed by atoms with Gasteiger partial charge in [-0.2, -0.15) is 63.2 Å². The first-order chi connectivity index (χ1) is 16.0. The van der Waals surface area contributed by atoms with E-state index in [0.717, 1.165) is 0 Å². The lowest BCUT2D eigenvalue weighted by Gasteiger charge is -2.42. The first-order valence-electron chi connectivity index (χ1n) is 8.76.